The van der Waals surface area contributed by atoms with Crippen LogP contribution in [-0.4, -0.2) is 65.0 Å². The Morgan fingerprint density at radius 2 is 1.26 bits per heavy atom. The monoisotopic (exact) mass is 512 g/mol. The largest absolute Gasteiger partial charge is 0.370 e. The summed E-state index contributed by atoms with van der Waals surface area (Å²) in [5.74, 6) is 0.234. The summed E-state index contributed by atoms with van der Waals surface area (Å²) in [6, 6.07) is 13.4. The van der Waals surface area contributed by atoms with Gasteiger partial charge in [0.1, 0.15) is 0 Å². The molecule has 3 aromatic rings. The van der Waals surface area contributed by atoms with Gasteiger partial charge in [0.25, 0.3) is 0 Å². The van der Waals surface area contributed by atoms with Crippen LogP contribution in [0.25, 0.3) is 33.0 Å². The Hall–Kier alpha value is -4.47. The molecule has 0 atom stereocenters. The summed E-state index contributed by atoms with van der Waals surface area (Å²) in [4.78, 5) is 3.75. The third-order valence-electron chi connectivity index (χ3n) is 7.58. The molecule has 0 saturated heterocycles. The highest BCUT2D eigenvalue weighted by Gasteiger charge is 2.18. The molecule has 10 nitrogen and oxygen atoms in total. The molecule has 0 bridgehead atoms. The zero-order chi connectivity index (χ0) is 26.8. The van der Waals surface area contributed by atoms with Gasteiger partial charge in [-0.2, -0.15) is 0 Å². The molecule has 2 aromatic carbocycles. The standard InChI is InChI=1S/C28H36N10/c29-26(30)35-10-1-11-38-24-4-2-20(18-6-12-36(13-7-18)27(31)32)16-22(24)23-17-21(3-5-25(23)38)19-8-14-37(15-9-19)28(33)34/h2-6,8,16-17H,1,7,9-15H2,(H3,31,32)(H3,33,34)(H4,29,30,35). The van der Waals surface area contributed by atoms with Crippen molar-refractivity contribution in [2.24, 2.45) is 17.2 Å². The molecule has 2 aliphatic heterocycles. The van der Waals surface area contributed by atoms with Crippen LogP contribution >= 0.6 is 0 Å². The summed E-state index contributed by atoms with van der Waals surface area (Å²) >= 11 is 0. The summed E-state index contributed by atoms with van der Waals surface area (Å²) in [5, 5.41) is 28.2. The Morgan fingerprint density at radius 3 is 1.66 bits per heavy atom. The molecule has 10 heteroatoms. The number of aryl methyl sites for hydroxylation is 1. The number of aromatic nitrogens is 1. The predicted molar refractivity (Wildman–Crippen MR) is 156 cm³/mol. The Morgan fingerprint density at radius 1 is 0.763 bits per heavy atom. The van der Waals surface area contributed by atoms with Gasteiger partial charge in [0.2, 0.25) is 0 Å². The van der Waals surface area contributed by atoms with Gasteiger partial charge in [0.15, 0.2) is 17.9 Å². The van der Waals surface area contributed by atoms with E-state index in [4.69, 9.17) is 33.4 Å². The second-order valence-corrected chi connectivity index (χ2v) is 9.93. The van der Waals surface area contributed by atoms with Gasteiger partial charge in [0, 0.05) is 61.1 Å². The molecular formula is C28H36N10. The minimum atomic E-state index is -0.00491. The first-order valence-corrected chi connectivity index (χ1v) is 13.0. The van der Waals surface area contributed by atoms with Crippen molar-refractivity contribution in [2.75, 3.05) is 32.7 Å². The Bertz CT molecular complexity index is 1380. The summed E-state index contributed by atoms with van der Waals surface area (Å²) in [7, 11) is 0. The highest BCUT2D eigenvalue weighted by atomic mass is 15.2. The van der Waals surface area contributed by atoms with Crippen molar-refractivity contribution in [2.45, 2.75) is 25.8 Å². The van der Waals surface area contributed by atoms with E-state index in [-0.39, 0.29) is 17.9 Å². The first-order chi connectivity index (χ1) is 18.3. The lowest BCUT2D eigenvalue weighted by atomic mass is 9.96. The van der Waals surface area contributed by atoms with Crippen molar-refractivity contribution in [1.29, 1.82) is 16.2 Å². The second kappa shape index (κ2) is 10.5. The molecule has 3 heterocycles. The van der Waals surface area contributed by atoms with Crippen LogP contribution in [0.4, 0.5) is 0 Å². The zero-order valence-electron chi connectivity index (χ0n) is 21.6. The fourth-order valence-electron chi connectivity index (χ4n) is 5.50. The lowest BCUT2D eigenvalue weighted by molar-refractivity contribution is 0.451. The third-order valence-corrected chi connectivity index (χ3v) is 7.58. The minimum absolute atomic E-state index is 0.00491. The van der Waals surface area contributed by atoms with E-state index in [0.29, 0.717) is 19.6 Å². The zero-order valence-corrected chi connectivity index (χ0v) is 21.6. The molecule has 0 saturated carbocycles. The molecule has 0 radical (unpaired) electrons. The Kier molecular flexibility index (Phi) is 6.95. The van der Waals surface area contributed by atoms with Crippen LogP contribution in [0.5, 0.6) is 0 Å². The van der Waals surface area contributed by atoms with Gasteiger partial charge in [-0.25, -0.2) is 0 Å². The third kappa shape index (κ3) is 5.02. The molecule has 10 N–H and O–H groups in total. The van der Waals surface area contributed by atoms with E-state index < -0.39 is 0 Å². The smallest absolute Gasteiger partial charge is 0.188 e. The first kappa shape index (κ1) is 25.2. The first-order valence-electron chi connectivity index (χ1n) is 13.0. The van der Waals surface area contributed by atoms with Crippen LogP contribution in [0.15, 0.2) is 48.6 Å². The average molecular weight is 513 g/mol. The minimum Gasteiger partial charge on any atom is -0.370 e. The Labute approximate surface area is 222 Å². The maximum Gasteiger partial charge on any atom is 0.188 e. The number of nitrogens with one attached hydrogen (secondary N) is 4. The number of fused-ring (bicyclic) bond motifs is 3. The molecule has 198 valence electrons. The van der Waals surface area contributed by atoms with Gasteiger partial charge in [-0.15, -0.1) is 0 Å². The van der Waals surface area contributed by atoms with E-state index >= 15 is 0 Å². The number of hydrogen-bond acceptors (Lipinski definition) is 3. The number of nitrogens with two attached hydrogens (primary N) is 3. The summed E-state index contributed by atoms with van der Waals surface area (Å²) in [5.41, 5.74) is 24.2. The summed E-state index contributed by atoms with van der Waals surface area (Å²) in [6.45, 7) is 4.27. The molecule has 0 spiro atoms. The number of guanidine groups is 3. The van der Waals surface area contributed by atoms with E-state index in [1.165, 1.54) is 44.1 Å². The van der Waals surface area contributed by atoms with E-state index in [0.717, 1.165) is 38.9 Å². The van der Waals surface area contributed by atoms with Crippen LogP contribution in [0, 0.1) is 16.2 Å². The normalized spacial score (nSPS) is 15.9. The SMILES string of the molecule is N=C(N)NCCCn1c2ccc(C3=CCN(C(=N)N)CC3)cc2c2cc(C3=CCN(C(=N)N)CC3)ccc21. The average Bonchev–Trinajstić information content (AvgIpc) is 3.23. The highest BCUT2D eigenvalue weighted by molar-refractivity contribution is 6.09. The molecule has 1 aromatic heterocycles. The van der Waals surface area contributed by atoms with Gasteiger partial charge >= 0.3 is 0 Å². The van der Waals surface area contributed by atoms with Gasteiger partial charge in [0.05, 0.1) is 0 Å². The number of rotatable bonds is 6. The molecule has 0 unspecified atom stereocenters. The Balaban J connectivity index is 1.54. The molecule has 2 aliphatic rings. The molecule has 0 aliphatic carbocycles. The predicted octanol–water partition coefficient (Wildman–Crippen LogP) is 2.63. The van der Waals surface area contributed by atoms with Crippen molar-refractivity contribution in [3.05, 3.63) is 59.7 Å². The number of benzene rings is 2. The van der Waals surface area contributed by atoms with Crippen LogP contribution in [-0.2, 0) is 6.54 Å². The van der Waals surface area contributed by atoms with Crippen molar-refractivity contribution in [1.82, 2.24) is 19.7 Å². The summed E-state index contributed by atoms with van der Waals surface area (Å²) < 4.78 is 2.36. The molecule has 38 heavy (non-hydrogen) atoms. The number of nitrogens with zero attached hydrogens (tertiary/aromatic N) is 3. The summed E-state index contributed by atoms with van der Waals surface area (Å²) in [6.07, 6.45) is 6.91. The van der Waals surface area contributed by atoms with Crippen LogP contribution in [0.2, 0.25) is 0 Å². The van der Waals surface area contributed by atoms with Crippen LogP contribution < -0.4 is 22.5 Å². The topological polar surface area (TPSA) is 173 Å². The molecule has 0 fully saturated rings. The van der Waals surface area contributed by atoms with Crippen LogP contribution in [0.3, 0.4) is 0 Å². The molecule has 0 amide bonds. The lowest BCUT2D eigenvalue weighted by Gasteiger charge is -2.26. The van der Waals surface area contributed by atoms with Gasteiger partial charge in [-0.05, 0) is 65.8 Å². The van der Waals surface area contributed by atoms with E-state index in [2.05, 4.69) is 58.4 Å². The fraction of sp³-hybridized carbons (Fsp3) is 0.321. The maximum atomic E-state index is 7.71. The highest BCUT2D eigenvalue weighted by Crippen LogP contribution is 2.35. The van der Waals surface area contributed by atoms with E-state index in [1.807, 2.05) is 9.80 Å². The van der Waals surface area contributed by atoms with Gasteiger partial charge in [-0.3, -0.25) is 16.2 Å². The fourth-order valence-corrected chi connectivity index (χ4v) is 5.50. The van der Waals surface area contributed by atoms with Crippen molar-refractivity contribution >= 4 is 50.8 Å². The molecular weight excluding hydrogens is 476 g/mol. The van der Waals surface area contributed by atoms with E-state index in [1.54, 1.807) is 0 Å². The van der Waals surface area contributed by atoms with Crippen LogP contribution in [0.1, 0.15) is 30.4 Å². The van der Waals surface area contributed by atoms with Gasteiger partial charge in [-0.1, -0.05) is 24.3 Å². The van der Waals surface area contributed by atoms with Crippen molar-refractivity contribution < 1.29 is 0 Å². The second-order valence-electron chi connectivity index (χ2n) is 9.93. The van der Waals surface area contributed by atoms with Gasteiger partial charge < -0.3 is 36.9 Å². The quantitative estimate of drug-likeness (QED) is 0.152. The van der Waals surface area contributed by atoms with Crippen molar-refractivity contribution in [3.8, 4) is 0 Å². The van der Waals surface area contributed by atoms with E-state index in [9.17, 15) is 0 Å². The molecule has 5 rings (SSSR count). The maximum absolute atomic E-state index is 7.71. The van der Waals surface area contributed by atoms with Crippen molar-refractivity contribution in [3.63, 3.8) is 0 Å². The number of hydrogen-bond donors (Lipinski definition) is 7. The lowest BCUT2D eigenvalue weighted by Crippen LogP contribution is -2.39.